The third-order valence-electron chi connectivity index (χ3n) is 3.15. The summed E-state index contributed by atoms with van der Waals surface area (Å²) in [5.74, 6) is 0.165. The molecule has 0 fully saturated rings. The number of hydrogen-bond donors (Lipinski definition) is 0. The number of methoxy groups -OCH3 is 1. The highest BCUT2D eigenvalue weighted by atomic mass is 16.5. The van der Waals surface area contributed by atoms with Gasteiger partial charge in [0.2, 0.25) is 0 Å². The topological polar surface area (TPSA) is 9.23 Å². The van der Waals surface area contributed by atoms with Crippen molar-refractivity contribution in [1.82, 2.24) is 0 Å². The van der Waals surface area contributed by atoms with Gasteiger partial charge in [-0.3, -0.25) is 0 Å². The molecular weight excluding hydrogens is 220 g/mol. The van der Waals surface area contributed by atoms with Gasteiger partial charge in [0.15, 0.2) is 0 Å². The maximum absolute atomic E-state index is 5.67. The van der Waals surface area contributed by atoms with Crippen LogP contribution in [0.1, 0.15) is 23.1 Å². The summed E-state index contributed by atoms with van der Waals surface area (Å²) in [6, 6.07) is 20.6. The van der Waals surface area contributed by atoms with Gasteiger partial charge in [0.1, 0.15) is 0 Å². The van der Waals surface area contributed by atoms with E-state index in [1.807, 2.05) is 42.5 Å². The number of rotatable bonds is 5. The summed E-state index contributed by atoms with van der Waals surface area (Å²) < 4.78 is 5.67. The predicted molar refractivity (Wildman–Crippen MR) is 75.6 cm³/mol. The summed E-state index contributed by atoms with van der Waals surface area (Å²) in [6.07, 6.45) is 1.96. The van der Waals surface area contributed by atoms with Crippen molar-refractivity contribution in [2.45, 2.75) is 12.0 Å². The lowest BCUT2D eigenvalue weighted by molar-refractivity contribution is 0.0911. The lowest BCUT2D eigenvalue weighted by Gasteiger charge is -2.24. The van der Waals surface area contributed by atoms with Gasteiger partial charge < -0.3 is 4.74 Å². The smallest absolute Gasteiger partial charge is 0.0924 e. The van der Waals surface area contributed by atoms with Crippen LogP contribution in [0.25, 0.3) is 0 Å². The van der Waals surface area contributed by atoms with Crippen LogP contribution in [0.4, 0.5) is 0 Å². The van der Waals surface area contributed by atoms with E-state index in [-0.39, 0.29) is 12.0 Å². The number of ether oxygens (including phenoxy) is 1. The summed E-state index contributed by atoms with van der Waals surface area (Å²) in [5, 5.41) is 0. The van der Waals surface area contributed by atoms with Gasteiger partial charge in [-0.2, -0.15) is 0 Å². The molecule has 2 unspecified atom stereocenters. The molecule has 92 valence electrons. The van der Waals surface area contributed by atoms with Crippen LogP contribution in [-0.4, -0.2) is 7.11 Å². The highest BCUT2D eigenvalue weighted by Gasteiger charge is 2.21. The summed E-state index contributed by atoms with van der Waals surface area (Å²) in [6.45, 7) is 3.95. The Labute approximate surface area is 109 Å². The van der Waals surface area contributed by atoms with Crippen LogP contribution >= 0.6 is 0 Å². The minimum Gasteiger partial charge on any atom is -0.376 e. The normalized spacial score (nSPS) is 13.8. The molecule has 0 bridgehead atoms. The number of benzene rings is 2. The second-order valence-corrected chi connectivity index (χ2v) is 4.24. The van der Waals surface area contributed by atoms with E-state index in [0.29, 0.717) is 0 Å². The molecule has 0 aromatic heterocycles. The first-order valence-electron chi connectivity index (χ1n) is 6.12. The van der Waals surface area contributed by atoms with E-state index in [9.17, 15) is 0 Å². The van der Waals surface area contributed by atoms with Crippen LogP contribution in [0.15, 0.2) is 73.3 Å². The molecule has 0 radical (unpaired) electrons. The van der Waals surface area contributed by atoms with Gasteiger partial charge in [-0.05, 0) is 11.1 Å². The highest BCUT2D eigenvalue weighted by Crippen LogP contribution is 2.34. The fourth-order valence-corrected chi connectivity index (χ4v) is 2.24. The van der Waals surface area contributed by atoms with E-state index in [4.69, 9.17) is 4.74 Å². The van der Waals surface area contributed by atoms with Crippen molar-refractivity contribution < 1.29 is 4.74 Å². The van der Waals surface area contributed by atoms with Crippen LogP contribution in [0, 0.1) is 0 Å². The minimum absolute atomic E-state index is 0.00565. The fourth-order valence-electron chi connectivity index (χ4n) is 2.24. The van der Waals surface area contributed by atoms with Gasteiger partial charge in [-0.1, -0.05) is 66.7 Å². The molecule has 1 heteroatoms. The van der Waals surface area contributed by atoms with Gasteiger partial charge in [-0.15, -0.1) is 6.58 Å². The van der Waals surface area contributed by atoms with Crippen LogP contribution in [0.5, 0.6) is 0 Å². The van der Waals surface area contributed by atoms with Crippen LogP contribution in [0.3, 0.4) is 0 Å². The Morgan fingerprint density at radius 2 is 1.39 bits per heavy atom. The quantitative estimate of drug-likeness (QED) is 0.704. The Bertz CT molecular complexity index is 475. The maximum Gasteiger partial charge on any atom is 0.0924 e. The van der Waals surface area contributed by atoms with Crippen molar-refractivity contribution in [3.8, 4) is 0 Å². The van der Waals surface area contributed by atoms with Crippen molar-refractivity contribution in [1.29, 1.82) is 0 Å². The Morgan fingerprint density at radius 1 is 0.889 bits per heavy atom. The van der Waals surface area contributed by atoms with Crippen molar-refractivity contribution >= 4 is 0 Å². The predicted octanol–water partition coefficient (Wildman–Crippen LogP) is 4.34. The van der Waals surface area contributed by atoms with E-state index >= 15 is 0 Å². The van der Waals surface area contributed by atoms with E-state index in [1.54, 1.807) is 7.11 Å². The first kappa shape index (κ1) is 12.6. The first-order chi connectivity index (χ1) is 8.86. The van der Waals surface area contributed by atoms with Crippen molar-refractivity contribution in [3.63, 3.8) is 0 Å². The molecule has 2 aromatic rings. The van der Waals surface area contributed by atoms with Crippen molar-refractivity contribution in [2.75, 3.05) is 7.11 Å². The Morgan fingerprint density at radius 3 is 1.83 bits per heavy atom. The molecule has 2 rings (SSSR count). The second-order valence-electron chi connectivity index (χ2n) is 4.24. The molecule has 0 spiro atoms. The molecule has 0 heterocycles. The molecule has 0 saturated carbocycles. The van der Waals surface area contributed by atoms with E-state index in [0.717, 1.165) is 0 Å². The molecule has 0 aliphatic carbocycles. The highest BCUT2D eigenvalue weighted by molar-refractivity contribution is 5.30. The zero-order valence-corrected chi connectivity index (χ0v) is 10.6. The third kappa shape index (κ3) is 2.69. The average molecular weight is 238 g/mol. The van der Waals surface area contributed by atoms with Gasteiger partial charge in [0, 0.05) is 13.0 Å². The zero-order valence-electron chi connectivity index (χ0n) is 10.6. The molecule has 2 aromatic carbocycles. The molecule has 18 heavy (non-hydrogen) atoms. The van der Waals surface area contributed by atoms with E-state index in [1.165, 1.54) is 11.1 Å². The zero-order chi connectivity index (χ0) is 12.8. The van der Waals surface area contributed by atoms with Crippen LogP contribution in [0.2, 0.25) is 0 Å². The van der Waals surface area contributed by atoms with Crippen LogP contribution < -0.4 is 0 Å². The molecule has 0 saturated heterocycles. The van der Waals surface area contributed by atoms with Gasteiger partial charge >= 0.3 is 0 Å². The maximum atomic E-state index is 5.67. The van der Waals surface area contributed by atoms with Gasteiger partial charge in [0.05, 0.1) is 6.10 Å². The monoisotopic (exact) mass is 238 g/mol. The molecule has 2 atom stereocenters. The van der Waals surface area contributed by atoms with E-state index < -0.39 is 0 Å². The summed E-state index contributed by atoms with van der Waals surface area (Å²) in [5.41, 5.74) is 2.40. The lowest BCUT2D eigenvalue weighted by Crippen LogP contribution is -2.11. The van der Waals surface area contributed by atoms with E-state index in [2.05, 4.69) is 30.8 Å². The Balaban J connectivity index is 2.34. The van der Waals surface area contributed by atoms with Crippen LogP contribution in [-0.2, 0) is 4.74 Å². The SMILES string of the molecule is C=CC(c1ccccc1)C(OC)c1ccccc1. The molecule has 0 amide bonds. The largest absolute Gasteiger partial charge is 0.376 e. The summed E-state index contributed by atoms with van der Waals surface area (Å²) in [7, 11) is 1.75. The first-order valence-corrected chi connectivity index (χ1v) is 6.12. The summed E-state index contributed by atoms with van der Waals surface area (Å²) >= 11 is 0. The summed E-state index contributed by atoms with van der Waals surface area (Å²) in [4.78, 5) is 0. The van der Waals surface area contributed by atoms with Gasteiger partial charge in [0.25, 0.3) is 0 Å². The molecular formula is C17H18O. The third-order valence-corrected chi connectivity index (χ3v) is 3.15. The standard InChI is InChI=1S/C17H18O/c1-3-16(14-10-6-4-7-11-14)17(18-2)15-12-8-5-9-13-15/h3-13,16-17H,1H2,2H3. The lowest BCUT2D eigenvalue weighted by atomic mass is 9.89. The Hall–Kier alpha value is -1.86. The van der Waals surface area contributed by atoms with Gasteiger partial charge in [-0.25, -0.2) is 0 Å². The molecule has 0 N–H and O–H groups in total. The van der Waals surface area contributed by atoms with Crippen molar-refractivity contribution in [2.24, 2.45) is 0 Å². The minimum atomic E-state index is 0.00565. The second kappa shape index (κ2) is 6.18. The average Bonchev–Trinajstić information content (AvgIpc) is 2.46. The molecule has 1 nitrogen and oxygen atoms in total. The fraction of sp³-hybridized carbons (Fsp3) is 0.176. The van der Waals surface area contributed by atoms with Crippen molar-refractivity contribution in [3.05, 3.63) is 84.4 Å². The Kier molecular flexibility index (Phi) is 4.32. The molecule has 0 aliphatic rings. The molecule has 0 aliphatic heterocycles. The number of hydrogen-bond acceptors (Lipinski definition) is 1.